The monoisotopic (exact) mass is 265 g/mol. The van der Waals surface area contributed by atoms with E-state index in [1.165, 1.54) is 38.6 Å². The van der Waals surface area contributed by atoms with Gasteiger partial charge in [0.1, 0.15) is 0 Å². The highest BCUT2D eigenvalue weighted by Crippen LogP contribution is 2.25. The van der Waals surface area contributed by atoms with E-state index in [1.54, 1.807) is 0 Å². The Morgan fingerprint density at radius 1 is 1.11 bits per heavy atom. The van der Waals surface area contributed by atoms with E-state index >= 15 is 0 Å². The molecule has 4 heteroatoms. The molecule has 0 radical (unpaired) electrons. The Hall–Kier alpha value is -0.610. The number of hydrogen-bond acceptors (Lipinski definition) is 3. The third kappa shape index (κ3) is 2.79. The Morgan fingerprint density at radius 2 is 2.00 bits per heavy atom. The highest BCUT2D eigenvalue weighted by molar-refractivity contribution is 5.82. The molecule has 0 saturated carbocycles. The van der Waals surface area contributed by atoms with Crippen molar-refractivity contribution in [1.29, 1.82) is 0 Å². The number of nitrogens with zero attached hydrogens (tertiary/aromatic N) is 2. The molecular weight excluding hydrogens is 238 g/mol. The van der Waals surface area contributed by atoms with Crippen LogP contribution in [-0.4, -0.2) is 60.0 Å². The first-order chi connectivity index (χ1) is 9.25. The lowest BCUT2D eigenvalue weighted by Gasteiger charge is -2.43. The number of piperazine rings is 1. The van der Waals surface area contributed by atoms with Gasteiger partial charge in [0.15, 0.2) is 0 Å². The van der Waals surface area contributed by atoms with E-state index in [0.717, 1.165) is 26.1 Å². The fraction of sp³-hybridized carbons (Fsp3) is 0.933. The molecule has 3 atom stereocenters. The van der Waals surface area contributed by atoms with Crippen LogP contribution in [0.25, 0.3) is 0 Å². The van der Waals surface area contributed by atoms with Gasteiger partial charge in [-0.25, -0.2) is 0 Å². The SMILES string of the molecule is CC1CN2CCCC2CN1C(=O)C1CCCCCN1. The van der Waals surface area contributed by atoms with E-state index in [4.69, 9.17) is 0 Å². The van der Waals surface area contributed by atoms with Gasteiger partial charge in [0, 0.05) is 25.2 Å². The number of carbonyl (C=O) groups is 1. The molecule has 0 bridgehead atoms. The third-order valence-corrected chi connectivity index (χ3v) is 5.08. The van der Waals surface area contributed by atoms with Gasteiger partial charge >= 0.3 is 0 Å². The zero-order valence-corrected chi connectivity index (χ0v) is 12.1. The third-order valence-electron chi connectivity index (χ3n) is 5.08. The van der Waals surface area contributed by atoms with Crippen molar-refractivity contribution in [2.75, 3.05) is 26.2 Å². The number of nitrogens with one attached hydrogen (secondary N) is 1. The van der Waals surface area contributed by atoms with Crippen LogP contribution in [0.1, 0.15) is 45.4 Å². The summed E-state index contributed by atoms with van der Waals surface area (Å²) in [5.41, 5.74) is 0. The Bertz CT molecular complexity index is 325. The number of amides is 1. The smallest absolute Gasteiger partial charge is 0.240 e. The summed E-state index contributed by atoms with van der Waals surface area (Å²) in [6.07, 6.45) is 7.28. The Morgan fingerprint density at radius 3 is 2.89 bits per heavy atom. The maximum Gasteiger partial charge on any atom is 0.240 e. The van der Waals surface area contributed by atoms with Crippen LogP contribution in [0.5, 0.6) is 0 Å². The Labute approximate surface area is 116 Å². The standard InChI is InChI=1S/C15H27N3O/c1-12-10-17-9-5-6-13(17)11-18(12)15(19)14-7-3-2-4-8-16-14/h12-14,16H,2-11H2,1H3. The molecule has 3 heterocycles. The average molecular weight is 265 g/mol. The van der Waals surface area contributed by atoms with Crippen molar-refractivity contribution in [2.45, 2.75) is 63.6 Å². The highest BCUT2D eigenvalue weighted by atomic mass is 16.2. The van der Waals surface area contributed by atoms with Crippen LogP contribution in [0.4, 0.5) is 0 Å². The van der Waals surface area contributed by atoms with Gasteiger partial charge in [-0.1, -0.05) is 12.8 Å². The maximum atomic E-state index is 12.7. The van der Waals surface area contributed by atoms with Crippen molar-refractivity contribution in [1.82, 2.24) is 15.1 Å². The average Bonchev–Trinajstić information content (AvgIpc) is 2.69. The minimum Gasteiger partial charge on any atom is -0.336 e. The second kappa shape index (κ2) is 5.80. The van der Waals surface area contributed by atoms with E-state index in [0.29, 0.717) is 18.0 Å². The van der Waals surface area contributed by atoms with Crippen molar-refractivity contribution in [3.8, 4) is 0 Å². The molecule has 3 fully saturated rings. The topological polar surface area (TPSA) is 35.6 Å². The fourth-order valence-electron chi connectivity index (χ4n) is 3.93. The summed E-state index contributed by atoms with van der Waals surface area (Å²) in [7, 11) is 0. The van der Waals surface area contributed by atoms with Crippen molar-refractivity contribution in [3.63, 3.8) is 0 Å². The lowest BCUT2D eigenvalue weighted by Crippen LogP contribution is -2.60. The summed E-state index contributed by atoms with van der Waals surface area (Å²) >= 11 is 0. The van der Waals surface area contributed by atoms with Gasteiger partial charge in [0.25, 0.3) is 0 Å². The molecule has 108 valence electrons. The summed E-state index contributed by atoms with van der Waals surface area (Å²) in [4.78, 5) is 17.5. The molecule has 0 aromatic rings. The number of hydrogen-bond donors (Lipinski definition) is 1. The summed E-state index contributed by atoms with van der Waals surface area (Å²) in [5, 5.41) is 3.45. The molecular formula is C15H27N3O. The van der Waals surface area contributed by atoms with E-state index in [-0.39, 0.29) is 6.04 Å². The molecule has 3 aliphatic heterocycles. The van der Waals surface area contributed by atoms with Gasteiger partial charge in [0.2, 0.25) is 5.91 Å². The van der Waals surface area contributed by atoms with Crippen molar-refractivity contribution < 1.29 is 4.79 Å². The van der Waals surface area contributed by atoms with Crippen molar-refractivity contribution >= 4 is 5.91 Å². The molecule has 0 spiro atoms. The minimum absolute atomic E-state index is 0.0814. The lowest BCUT2D eigenvalue weighted by molar-refractivity contribution is -0.139. The van der Waals surface area contributed by atoms with Crippen LogP contribution in [0, 0.1) is 0 Å². The Balaban J connectivity index is 1.64. The molecule has 0 aromatic carbocycles. The first-order valence-corrected chi connectivity index (χ1v) is 8.03. The van der Waals surface area contributed by atoms with Crippen molar-refractivity contribution in [2.24, 2.45) is 0 Å². The molecule has 1 amide bonds. The molecule has 0 aromatic heterocycles. The molecule has 3 saturated heterocycles. The molecule has 3 unspecified atom stereocenters. The summed E-state index contributed by atoms with van der Waals surface area (Å²) in [6.45, 7) is 6.48. The van der Waals surface area contributed by atoms with Crippen molar-refractivity contribution in [3.05, 3.63) is 0 Å². The van der Waals surface area contributed by atoms with Crippen LogP contribution < -0.4 is 5.32 Å². The molecule has 19 heavy (non-hydrogen) atoms. The molecule has 3 aliphatic rings. The quantitative estimate of drug-likeness (QED) is 0.774. The van der Waals surface area contributed by atoms with E-state index in [2.05, 4.69) is 22.0 Å². The Kier molecular flexibility index (Phi) is 4.08. The predicted octanol–water partition coefficient (Wildman–Crippen LogP) is 1.21. The number of rotatable bonds is 1. The van der Waals surface area contributed by atoms with E-state index < -0.39 is 0 Å². The summed E-state index contributed by atoms with van der Waals surface area (Å²) in [6, 6.07) is 1.09. The largest absolute Gasteiger partial charge is 0.336 e. The fourth-order valence-corrected chi connectivity index (χ4v) is 3.93. The second-order valence-electron chi connectivity index (χ2n) is 6.49. The van der Waals surface area contributed by atoms with Crippen LogP contribution in [0.15, 0.2) is 0 Å². The van der Waals surface area contributed by atoms with E-state index in [9.17, 15) is 4.79 Å². The van der Waals surface area contributed by atoms with Gasteiger partial charge in [0.05, 0.1) is 6.04 Å². The highest BCUT2D eigenvalue weighted by Gasteiger charge is 2.38. The van der Waals surface area contributed by atoms with Gasteiger partial charge in [-0.15, -0.1) is 0 Å². The van der Waals surface area contributed by atoms with Gasteiger partial charge in [-0.05, 0) is 45.7 Å². The zero-order valence-electron chi connectivity index (χ0n) is 12.1. The first-order valence-electron chi connectivity index (χ1n) is 8.03. The lowest BCUT2D eigenvalue weighted by atomic mass is 10.0. The summed E-state index contributed by atoms with van der Waals surface area (Å²) in [5.74, 6) is 0.362. The normalized spacial score (nSPS) is 36.9. The number of fused-ring (bicyclic) bond motifs is 1. The second-order valence-corrected chi connectivity index (χ2v) is 6.49. The van der Waals surface area contributed by atoms with Crippen LogP contribution in [-0.2, 0) is 4.79 Å². The maximum absolute atomic E-state index is 12.7. The minimum atomic E-state index is 0.0814. The first kappa shape index (κ1) is 13.4. The predicted molar refractivity (Wildman–Crippen MR) is 76.0 cm³/mol. The van der Waals surface area contributed by atoms with Gasteiger partial charge in [-0.3, -0.25) is 9.69 Å². The van der Waals surface area contributed by atoms with E-state index in [1.807, 2.05) is 0 Å². The van der Waals surface area contributed by atoms with Gasteiger partial charge in [-0.2, -0.15) is 0 Å². The van der Waals surface area contributed by atoms with Gasteiger partial charge < -0.3 is 10.2 Å². The molecule has 0 aliphatic carbocycles. The zero-order chi connectivity index (χ0) is 13.2. The van der Waals surface area contributed by atoms with Crippen LogP contribution >= 0.6 is 0 Å². The molecule has 3 rings (SSSR count). The molecule has 4 nitrogen and oxygen atoms in total. The number of carbonyl (C=O) groups excluding carboxylic acids is 1. The molecule has 1 N–H and O–H groups in total. The summed E-state index contributed by atoms with van der Waals surface area (Å²) < 4.78 is 0. The van der Waals surface area contributed by atoms with Crippen LogP contribution in [0.3, 0.4) is 0 Å². The van der Waals surface area contributed by atoms with Crippen LogP contribution in [0.2, 0.25) is 0 Å².